The monoisotopic (exact) mass is 266 g/mol. The number of aliphatic hydroxyl groups is 1. The third kappa shape index (κ3) is 2.31. The second-order valence-electron chi connectivity index (χ2n) is 6.04. The molecule has 1 saturated carbocycles. The van der Waals surface area contributed by atoms with E-state index >= 15 is 0 Å². The van der Waals surface area contributed by atoms with Crippen molar-refractivity contribution in [2.75, 3.05) is 0 Å². The van der Waals surface area contributed by atoms with Crippen LogP contribution in [0.25, 0.3) is 0 Å². The van der Waals surface area contributed by atoms with Crippen LogP contribution in [0.1, 0.15) is 45.6 Å². The van der Waals surface area contributed by atoms with Gasteiger partial charge in [-0.25, -0.2) is 0 Å². The van der Waals surface area contributed by atoms with Gasteiger partial charge in [0.15, 0.2) is 0 Å². The van der Waals surface area contributed by atoms with Crippen molar-refractivity contribution in [2.45, 2.75) is 51.6 Å². The van der Waals surface area contributed by atoms with Crippen LogP contribution in [0.15, 0.2) is 24.3 Å². The van der Waals surface area contributed by atoms with Gasteiger partial charge in [-0.2, -0.15) is 0 Å². The zero-order valence-electron chi connectivity index (χ0n) is 11.5. The molecule has 0 radical (unpaired) electrons. The molecule has 0 amide bonds. The lowest BCUT2D eigenvalue weighted by Crippen LogP contribution is -2.47. The lowest BCUT2D eigenvalue weighted by molar-refractivity contribution is 0.00134. The Morgan fingerprint density at radius 1 is 1.11 bits per heavy atom. The first kappa shape index (κ1) is 13.9. The molecule has 1 aliphatic rings. The fraction of sp³-hybridized carbons (Fsp3) is 0.625. The average molecular weight is 267 g/mol. The number of hydrogen-bond donors (Lipinski definition) is 1. The van der Waals surface area contributed by atoms with E-state index in [1.165, 1.54) is 24.8 Å². The Bertz CT molecular complexity index is 392. The SMILES string of the molecule is CC(C)[C@H](O)[C@H](C)C1(c2ccc(Cl)cc2)CCC1. The Balaban J connectivity index is 2.28. The lowest BCUT2D eigenvalue weighted by atomic mass is 9.56. The van der Waals surface area contributed by atoms with E-state index in [2.05, 4.69) is 32.9 Å². The molecule has 2 atom stereocenters. The van der Waals surface area contributed by atoms with Crippen molar-refractivity contribution in [1.82, 2.24) is 0 Å². The Kier molecular flexibility index (Phi) is 4.03. The summed E-state index contributed by atoms with van der Waals surface area (Å²) >= 11 is 5.97. The summed E-state index contributed by atoms with van der Waals surface area (Å²) in [7, 11) is 0. The van der Waals surface area contributed by atoms with Crippen molar-refractivity contribution in [3.8, 4) is 0 Å². The van der Waals surface area contributed by atoms with Gasteiger partial charge < -0.3 is 5.11 Å². The number of benzene rings is 1. The summed E-state index contributed by atoms with van der Waals surface area (Å²) in [6.45, 7) is 6.38. The molecule has 1 aliphatic carbocycles. The Hall–Kier alpha value is -0.530. The second-order valence-corrected chi connectivity index (χ2v) is 6.48. The van der Waals surface area contributed by atoms with Crippen LogP contribution in [-0.2, 0) is 5.41 Å². The summed E-state index contributed by atoms with van der Waals surface area (Å²) in [5, 5.41) is 11.2. The Labute approximate surface area is 115 Å². The topological polar surface area (TPSA) is 20.2 Å². The van der Waals surface area contributed by atoms with Gasteiger partial charge in [-0.05, 0) is 42.4 Å². The third-order valence-electron chi connectivity index (χ3n) is 4.73. The average Bonchev–Trinajstić information content (AvgIpc) is 2.28. The largest absolute Gasteiger partial charge is 0.393 e. The molecular weight excluding hydrogens is 244 g/mol. The van der Waals surface area contributed by atoms with Crippen molar-refractivity contribution < 1.29 is 5.11 Å². The van der Waals surface area contributed by atoms with Gasteiger partial charge in [0.25, 0.3) is 0 Å². The smallest absolute Gasteiger partial charge is 0.0597 e. The highest BCUT2D eigenvalue weighted by Crippen LogP contribution is 2.51. The predicted molar refractivity (Wildman–Crippen MR) is 77.0 cm³/mol. The first-order valence-corrected chi connectivity index (χ1v) is 7.29. The van der Waals surface area contributed by atoms with Gasteiger partial charge in [0.05, 0.1) is 6.10 Å². The lowest BCUT2D eigenvalue weighted by Gasteiger charge is -2.49. The van der Waals surface area contributed by atoms with E-state index in [4.69, 9.17) is 11.6 Å². The molecule has 1 fully saturated rings. The van der Waals surface area contributed by atoms with E-state index in [1.54, 1.807) is 0 Å². The molecule has 1 nitrogen and oxygen atoms in total. The first-order chi connectivity index (χ1) is 8.47. The maximum Gasteiger partial charge on any atom is 0.0597 e. The minimum absolute atomic E-state index is 0.161. The number of halogens is 1. The van der Waals surface area contributed by atoms with E-state index in [0.717, 1.165) is 5.02 Å². The molecule has 0 saturated heterocycles. The number of rotatable bonds is 4. The fourth-order valence-electron chi connectivity index (χ4n) is 3.25. The van der Waals surface area contributed by atoms with Crippen molar-refractivity contribution in [3.05, 3.63) is 34.9 Å². The zero-order chi connectivity index (χ0) is 13.3. The highest BCUT2D eigenvalue weighted by molar-refractivity contribution is 6.30. The molecule has 0 spiro atoms. The van der Waals surface area contributed by atoms with E-state index in [-0.39, 0.29) is 11.5 Å². The van der Waals surface area contributed by atoms with E-state index in [1.807, 2.05) is 12.1 Å². The summed E-state index contributed by atoms with van der Waals surface area (Å²) < 4.78 is 0. The molecule has 1 N–H and O–H groups in total. The zero-order valence-corrected chi connectivity index (χ0v) is 12.2. The van der Waals surface area contributed by atoms with Crippen molar-refractivity contribution in [1.29, 1.82) is 0 Å². The van der Waals surface area contributed by atoms with Crippen LogP contribution in [-0.4, -0.2) is 11.2 Å². The van der Waals surface area contributed by atoms with E-state index < -0.39 is 0 Å². The summed E-state index contributed by atoms with van der Waals surface area (Å²) in [5.74, 6) is 0.609. The highest BCUT2D eigenvalue weighted by atomic mass is 35.5. The second kappa shape index (κ2) is 5.22. The van der Waals surface area contributed by atoms with E-state index in [9.17, 15) is 5.11 Å². The highest BCUT2D eigenvalue weighted by Gasteiger charge is 2.46. The van der Waals surface area contributed by atoms with Crippen LogP contribution in [0, 0.1) is 11.8 Å². The maximum atomic E-state index is 10.4. The molecule has 0 aromatic heterocycles. The molecule has 2 heteroatoms. The van der Waals surface area contributed by atoms with Gasteiger partial charge in [0, 0.05) is 10.4 Å². The van der Waals surface area contributed by atoms with Crippen LogP contribution in [0.5, 0.6) is 0 Å². The van der Waals surface area contributed by atoms with Gasteiger partial charge in [0.2, 0.25) is 0 Å². The maximum absolute atomic E-state index is 10.4. The Morgan fingerprint density at radius 3 is 2.06 bits per heavy atom. The van der Waals surface area contributed by atoms with Crippen molar-refractivity contribution in [2.24, 2.45) is 11.8 Å². The van der Waals surface area contributed by atoms with Crippen LogP contribution >= 0.6 is 11.6 Å². The summed E-state index contributed by atoms with van der Waals surface area (Å²) in [6, 6.07) is 8.19. The standard InChI is InChI=1S/C16H23ClO/c1-11(2)15(18)12(3)16(9-4-10-16)13-5-7-14(17)8-6-13/h5-8,11-12,15,18H,4,9-10H2,1-3H3/t12-,15-/m0/s1. The molecule has 1 aromatic rings. The van der Waals surface area contributed by atoms with Gasteiger partial charge in [-0.15, -0.1) is 0 Å². The quantitative estimate of drug-likeness (QED) is 0.856. The molecule has 1 aromatic carbocycles. The Morgan fingerprint density at radius 2 is 1.67 bits per heavy atom. The molecule has 0 bridgehead atoms. The van der Waals surface area contributed by atoms with Gasteiger partial charge in [-0.3, -0.25) is 0 Å². The van der Waals surface area contributed by atoms with Gasteiger partial charge in [-0.1, -0.05) is 50.9 Å². The van der Waals surface area contributed by atoms with E-state index in [0.29, 0.717) is 11.8 Å². The van der Waals surface area contributed by atoms with Crippen LogP contribution in [0.4, 0.5) is 0 Å². The normalized spacial score (nSPS) is 21.4. The predicted octanol–water partition coefficient (Wildman–Crippen LogP) is 4.41. The van der Waals surface area contributed by atoms with Crippen LogP contribution in [0.2, 0.25) is 5.02 Å². The molecule has 100 valence electrons. The molecule has 18 heavy (non-hydrogen) atoms. The fourth-order valence-corrected chi connectivity index (χ4v) is 3.38. The molecule has 0 heterocycles. The molecule has 0 unspecified atom stereocenters. The third-order valence-corrected chi connectivity index (χ3v) is 4.98. The molecule has 2 rings (SSSR count). The number of hydrogen-bond acceptors (Lipinski definition) is 1. The minimum atomic E-state index is -0.235. The van der Waals surface area contributed by atoms with Crippen LogP contribution in [0.3, 0.4) is 0 Å². The van der Waals surface area contributed by atoms with Gasteiger partial charge >= 0.3 is 0 Å². The van der Waals surface area contributed by atoms with Gasteiger partial charge in [0.1, 0.15) is 0 Å². The number of aliphatic hydroxyl groups excluding tert-OH is 1. The minimum Gasteiger partial charge on any atom is -0.393 e. The van der Waals surface area contributed by atoms with Crippen molar-refractivity contribution >= 4 is 11.6 Å². The van der Waals surface area contributed by atoms with Crippen LogP contribution < -0.4 is 0 Å². The molecule has 0 aliphatic heterocycles. The summed E-state index contributed by atoms with van der Waals surface area (Å²) in [4.78, 5) is 0. The van der Waals surface area contributed by atoms with Crippen molar-refractivity contribution in [3.63, 3.8) is 0 Å². The first-order valence-electron chi connectivity index (χ1n) is 6.91. The summed E-state index contributed by atoms with van der Waals surface area (Å²) in [5.41, 5.74) is 1.50. The summed E-state index contributed by atoms with van der Waals surface area (Å²) in [6.07, 6.45) is 3.39. The molecular formula is C16H23ClO.